The number of rotatable bonds is 5. The number of hydrogen-bond donors (Lipinski definition) is 0. The zero-order chi connectivity index (χ0) is 25.0. The van der Waals surface area contributed by atoms with E-state index in [4.69, 9.17) is 9.31 Å². The molecule has 6 nitrogen and oxygen atoms in total. The molecule has 4 aromatic rings. The molecule has 2 aromatic carbocycles. The number of nitrogens with zero attached hydrogens (tertiary/aromatic N) is 2. The van der Waals surface area contributed by atoms with Crippen LogP contribution in [-0.2, 0) is 25.8 Å². The van der Waals surface area contributed by atoms with E-state index in [1.807, 2.05) is 27.7 Å². The van der Waals surface area contributed by atoms with Gasteiger partial charge in [0.1, 0.15) is 5.82 Å². The fourth-order valence-electron chi connectivity index (χ4n) is 4.28. The Labute approximate surface area is 204 Å². The summed E-state index contributed by atoms with van der Waals surface area (Å²) in [6.45, 7) is 7.73. The van der Waals surface area contributed by atoms with Gasteiger partial charge in [0.25, 0.3) is 10.0 Å². The molecule has 2 aromatic heterocycles. The Morgan fingerprint density at radius 2 is 1.83 bits per heavy atom. The molecule has 1 saturated heterocycles. The molecular formula is C26H26BFN2O4S. The normalized spacial score (nSPS) is 17.9. The summed E-state index contributed by atoms with van der Waals surface area (Å²) in [6, 6.07) is 16.5. The smallest absolute Gasteiger partial charge is 0.402 e. The Kier molecular flexibility index (Phi) is 5.82. The van der Waals surface area contributed by atoms with E-state index in [-0.39, 0.29) is 23.1 Å². The topological polar surface area (TPSA) is 70.4 Å². The standard InChI is InChI=1S/C26H26BFN2O4S/c1-17-9-11-21(12-10-17)35(31,32)30-20(15-19-7-5-6-8-24(19)28)16-22-23(13-14-29-25(22)30)27-33-18(2)26(3,4)34-27/h5-14,16,18H,15H2,1-4H3. The van der Waals surface area contributed by atoms with Crippen LogP contribution < -0.4 is 5.46 Å². The summed E-state index contributed by atoms with van der Waals surface area (Å²) < 4.78 is 55.7. The second-order valence-corrected chi connectivity index (χ2v) is 11.2. The Morgan fingerprint density at radius 1 is 1.11 bits per heavy atom. The number of fused-ring (bicyclic) bond motifs is 1. The number of pyridine rings is 1. The Balaban J connectivity index is 1.72. The van der Waals surface area contributed by atoms with Gasteiger partial charge in [0.2, 0.25) is 0 Å². The van der Waals surface area contributed by atoms with E-state index in [9.17, 15) is 12.8 Å². The van der Waals surface area contributed by atoms with Crippen LogP contribution in [0.25, 0.3) is 11.0 Å². The molecule has 3 heterocycles. The highest BCUT2D eigenvalue weighted by atomic mass is 32.2. The number of aromatic nitrogens is 2. The molecular weight excluding hydrogens is 466 g/mol. The van der Waals surface area contributed by atoms with E-state index in [0.29, 0.717) is 22.1 Å². The van der Waals surface area contributed by atoms with Crippen LogP contribution in [0.3, 0.4) is 0 Å². The molecule has 0 amide bonds. The Morgan fingerprint density at radius 3 is 2.49 bits per heavy atom. The second-order valence-electron chi connectivity index (χ2n) is 9.46. The third-order valence-electron chi connectivity index (χ3n) is 6.63. The summed E-state index contributed by atoms with van der Waals surface area (Å²) in [7, 11) is -4.70. The summed E-state index contributed by atoms with van der Waals surface area (Å²) in [5, 5.41) is 0.587. The van der Waals surface area contributed by atoms with Crippen molar-refractivity contribution in [3.8, 4) is 0 Å². The van der Waals surface area contributed by atoms with Crippen LogP contribution in [0.2, 0.25) is 0 Å². The maximum Gasteiger partial charge on any atom is 0.495 e. The molecule has 1 unspecified atom stereocenters. The highest BCUT2D eigenvalue weighted by molar-refractivity contribution is 7.90. The lowest BCUT2D eigenvalue weighted by molar-refractivity contribution is 0.0842. The molecule has 0 aliphatic carbocycles. The average Bonchev–Trinajstić information content (AvgIpc) is 3.31. The van der Waals surface area contributed by atoms with E-state index >= 15 is 0 Å². The SMILES string of the molecule is Cc1ccc(S(=O)(=O)n2c(Cc3ccccc3F)cc3c(B4OC(C)C(C)(C)O4)ccnc32)cc1. The van der Waals surface area contributed by atoms with Gasteiger partial charge in [-0.25, -0.2) is 21.8 Å². The van der Waals surface area contributed by atoms with Crippen LogP contribution in [0.1, 0.15) is 37.6 Å². The van der Waals surface area contributed by atoms with Crippen LogP contribution in [-0.4, -0.2) is 36.2 Å². The van der Waals surface area contributed by atoms with Gasteiger partial charge in [0, 0.05) is 23.7 Å². The predicted octanol–water partition coefficient (Wildman–Crippen LogP) is 4.22. The minimum absolute atomic E-state index is 0.0713. The van der Waals surface area contributed by atoms with Gasteiger partial charge in [0.05, 0.1) is 16.6 Å². The van der Waals surface area contributed by atoms with Crippen molar-refractivity contribution >= 4 is 33.6 Å². The highest BCUT2D eigenvalue weighted by Gasteiger charge is 2.45. The monoisotopic (exact) mass is 492 g/mol. The highest BCUT2D eigenvalue weighted by Crippen LogP contribution is 2.30. The summed E-state index contributed by atoms with van der Waals surface area (Å²) in [5.74, 6) is -0.400. The molecule has 0 N–H and O–H groups in total. The lowest BCUT2D eigenvalue weighted by Gasteiger charge is -2.21. The largest absolute Gasteiger partial charge is 0.495 e. The lowest BCUT2D eigenvalue weighted by Crippen LogP contribution is -2.35. The molecule has 180 valence electrons. The van der Waals surface area contributed by atoms with Gasteiger partial charge in [-0.05, 0) is 69.1 Å². The predicted molar refractivity (Wildman–Crippen MR) is 134 cm³/mol. The van der Waals surface area contributed by atoms with Gasteiger partial charge in [-0.2, -0.15) is 0 Å². The van der Waals surface area contributed by atoms with Gasteiger partial charge in [-0.1, -0.05) is 35.9 Å². The van der Waals surface area contributed by atoms with E-state index in [2.05, 4.69) is 4.98 Å². The van der Waals surface area contributed by atoms with Crippen molar-refractivity contribution in [2.24, 2.45) is 0 Å². The minimum atomic E-state index is -4.03. The molecule has 1 fully saturated rings. The van der Waals surface area contributed by atoms with E-state index in [1.54, 1.807) is 60.8 Å². The van der Waals surface area contributed by atoms with Crippen molar-refractivity contribution in [3.05, 3.63) is 89.5 Å². The maximum absolute atomic E-state index is 14.6. The van der Waals surface area contributed by atoms with E-state index < -0.39 is 28.6 Å². The van der Waals surface area contributed by atoms with E-state index in [1.165, 1.54) is 10.0 Å². The molecule has 1 aliphatic rings. The first-order valence-electron chi connectivity index (χ1n) is 11.5. The van der Waals surface area contributed by atoms with E-state index in [0.717, 1.165) is 5.56 Å². The van der Waals surface area contributed by atoms with Crippen LogP contribution in [0, 0.1) is 12.7 Å². The lowest BCUT2D eigenvalue weighted by atomic mass is 9.78. The first-order valence-corrected chi connectivity index (χ1v) is 12.9. The van der Waals surface area contributed by atoms with Crippen molar-refractivity contribution < 1.29 is 22.1 Å². The average molecular weight is 492 g/mol. The van der Waals surface area contributed by atoms with Gasteiger partial charge >= 0.3 is 7.12 Å². The fourth-order valence-corrected chi connectivity index (χ4v) is 5.77. The summed E-state index contributed by atoms with van der Waals surface area (Å²) >= 11 is 0. The summed E-state index contributed by atoms with van der Waals surface area (Å²) in [6.07, 6.45) is 1.46. The maximum atomic E-state index is 14.6. The van der Waals surface area contributed by atoms with Crippen LogP contribution in [0.4, 0.5) is 4.39 Å². The molecule has 0 saturated carbocycles. The first kappa shape index (κ1) is 23.7. The van der Waals surface area contributed by atoms with Crippen molar-refractivity contribution in [1.82, 2.24) is 8.96 Å². The quantitative estimate of drug-likeness (QED) is 0.391. The van der Waals surface area contributed by atoms with Crippen LogP contribution in [0.5, 0.6) is 0 Å². The zero-order valence-corrected chi connectivity index (χ0v) is 20.8. The van der Waals surface area contributed by atoms with Crippen LogP contribution >= 0.6 is 0 Å². The number of halogens is 1. The Hall–Kier alpha value is -3.01. The zero-order valence-electron chi connectivity index (χ0n) is 20.0. The summed E-state index contributed by atoms with van der Waals surface area (Å²) in [4.78, 5) is 4.57. The first-order chi connectivity index (χ1) is 16.6. The van der Waals surface area contributed by atoms with Gasteiger partial charge < -0.3 is 9.31 Å². The summed E-state index contributed by atoms with van der Waals surface area (Å²) in [5.41, 5.74) is 2.16. The molecule has 9 heteroatoms. The number of hydrogen-bond acceptors (Lipinski definition) is 5. The molecule has 5 rings (SSSR count). The molecule has 0 spiro atoms. The van der Waals surface area contributed by atoms with Crippen molar-refractivity contribution in [2.75, 3.05) is 0 Å². The second kappa shape index (κ2) is 8.58. The minimum Gasteiger partial charge on any atom is -0.402 e. The Bertz CT molecular complexity index is 1520. The van der Waals surface area contributed by atoms with Gasteiger partial charge in [-0.3, -0.25) is 0 Å². The molecule has 35 heavy (non-hydrogen) atoms. The third-order valence-corrected chi connectivity index (χ3v) is 8.38. The van der Waals surface area contributed by atoms with Crippen molar-refractivity contribution in [3.63, 3.8) is 0 Å². The molecule has 0 bridgehead atoms. The van der Waals surface area contributed by atoms with Crippen molar-refractivity contribution in [2.45, 2.75) is 50.7 Å². The van der Waals surface area contributed by atoms with Gasteiger partial charge in [0.15, 0.2) is 5.65 Å². The van der Waals surface area contributed by atoms with Gasteiger partial charge in [-0.15, -0.1) is 0 Å². The third kappa shape index (κ3) is 4.18. The molecule has 1 aliphatic heterocycles. The molecule has 0 radical (unpaired) electrons. The number of benzene rings is 2. The number of aryl methyl sites for hydroxylation is 1. The molecule has 1 atom stereocenters. The fraction of sp³-hybridized carbons (Fsp3) is 0.269. The van der Waals surface area contributed by atoms with Crippen LogP contribution in [0.15, 0.2) is 71.8 Å². The van der Waals surface area contributed by atoms with Crippen molar-refractivity contribution in [1.29, 1.82) is 0 Å².